The minimum absolute atomic E-state index is 0.00638. The van der Waals surface area contributed by atoms with E-state index in [9.17, 15) is 14.4 Å². The maximum Gasteiger partial charge on any atom is 0.407 e. The summed E-state index contributed by atoms with van der Waals surface area (Å²) in [6.45, 7) is 4.30. The van der Waals surface area contributed by atoms with E-state index in [1.165, 1.54) is 22.3 Å². The predicted molar refractivity (Wildman–Crippen MR) is 131 cm³/mol. The van der Waals surface area contributed by atoms with Crippen molar-refractivity contribution in [2.75, 3.05) is 13.2 Å². The lowest BCUT2D eigenvalue weighted by molar-refractivity contribution is -0.142. The van der Waals surface area contributed by atoms with Gasteiger partial charge in [0.25, 0.3) is 0 Å². The molecule has 35 heavy (non-hydrogen) atoms. The zero-order chi connectivity index (χ0) is 24.7. The smallest absolute Gasteiger partial charge is 0.407 e. The number of benzene rings is 2. The number of amides is 2. The maximum atomic E-state index is 13.3. The average molecular weight is 477 g/mol. The number of carboxylic acid groups (broad SMARTS) is 1. The number of carbonyl (C=O) groups excluding carboxylic acids is 2. The van der Waals surface area contributed by atoms with Crippen LogP contribution in [0, 0.1) is 11.3 Å². The van der Waals surface area contributed by atoms with Crippen molar-refractivity contribution in [2.45, 2.75) is 57.5 Å². The fraction of sp³-hybridized carbons (Fsp3) is 0.464. The summed E-state index contributed by atoms with van der Waals surface area (Å²) in [5.74, 6) is -0.642. The molecule has 2 saturated carbocycles. The molecule has 7 heteroatoms. The quantitative estimate of drug-likeness (QED) is 0.589. The minimum Gasteiger partial charge on any atom is -0.481 e. The summed E-state index contributed by atoms with van der Waals surface area (Å²) in [5.41, 5.74) is 4.24. The number of hydrogen-bond acceptors (Lipinski definition) is 4. The number of aliphatic carboxylic acids is 1. The lowest BCUT2D eigenvalue weighted by Gasteiger charge is -2.30. The lowest BCUT2D eigenvalue weighted by atomic mass is 9.98. The monoisotopic (exact) mass is 476 g/mol. The highest BCUT2D eigenvalue weighted by Gasteiger charge is 2.66. The number of nitrogens with one attached hydrogen (secondary N) is 1. The molecule has 0 radical (unpaired) electrons. The lowest BCUT2D eigenvalue weighted by Crippen LogP contribution is -2.44. The second-order valence-corrected chi connectivity index (χ2v) is 10.4. The van der Waals surface area contributed by atoms with Gasteiger partial charge in [-0.05, 0) is 61.3 Å². The third-order valence-corrected chi connectivity index (χ3v) is 7.95. The van der Waals surface area contributed by atoms with E-state index in [0.717, 1.165) is 12.8 Å². The van der Waals surface area contributed by atoms with Gasteiger partial charge in [-0.1, -0.05) is 48.5 Å². The van der Waals surface area contributed by atoms with Gasteiger partial charge in [-0.3, -0.25) is 9.59 Å². The molecule has 0 aromatic heterocycles. The molecule has 0 aliphatic heterocycles. The molecule has 2 aromatic carbocycles. The van der Waals surface area contributed by atoms with Crippen molar-refractivity contribution in [1.29, 1.82) is 0 Å². The van der Waals surface area contributed by atoms with Crippen molar-refractivity contribution in [3.8, 4) is 11.1 Å². The highest BCUT2D eigenvalue weighted by atomic mass is 16.5. The number of fused-ring (bicyclic) bond motifs is 4. The summed E-state index contributed by atoms with van der Waals surface area (Å²) in [6.07, 6.45) is 1.63. The molecule has 0 heterocycles. The SMILES string of the molecule is CC(C)N(CCC(=O)O)C(=O)[C@@]12C[C@@H](NC(=O)OCC3c4ccccc4-c4ccccc43)C[C@@H]1C2. The molecule has 0 spiro atoms. The number of ether oxygens (including phenoxy) is 1. The van der Waals surface area contributed by atoms with Crippen LogP contribution in [-0.2, 0) is 14.3 Å². The number of rotatable bonds is 8. The second-order valence-electron chi connectivity index (χ2n) is 10.4. The van der Waals surface area contributed by atoms with Crippen LogP contribution in [0.5, 0.6) is 0 Å². The van der Waals surface area contributed by atoms with Crippen LogP contribution in [0.3, 0.4) is 0 Å². The van der Waals surface area contributed by atoms with Crippen LogP contribution >= 0.6 is 0 Å². The van der Waals surface area contributed by atoms with E-state index in [2.05, 4.69) is 29.6 Å². The van der Waals surface area contributed by atoms with Crippen LogP contribution in [0.4, 0.5) is 4.79 Å². The zero-order valence-corrected chi connectivity index (χ0v) is 20.2. The molecule has 3 aliphatic carbocycles. The summed E-state index contributed by atoms with van der Waals surface area (Å²) in [6, 6.07) is 16.3. The molecule has 2 amide bonds. The predicted octanol–water partition coefficient (Wildman–Crippen LogP) is 4.41. The van der Waals surface area contributed by atoms with Gasteiger partial charge in [0.05, 0.1) is 11.8 Å². The van der Waals surface area contributed by atoms with Crippen molar-refractivity contribution in [1.82, 2.24) is 10.2 Å². The third kappa shape index (κ3) is 4.28. The van der Waals surface area contributed by atoms with Crippen molar-refractivity contribution in [2.24, 2.45) is 11.3 Å². The molecule has 3 aliphatic rings. The van der Waals surface area contributed by atoms with E-state index in [4.69, 9.17) is 9.84 Å². The Labute approximate surface area is 205 Å². The Morgan fingerprint density at radius 2 is 1.69 bits per heavy atom. The summed E-state index contributed by atoms with van der Waals surface area (Å²) in [5, 5.41) is 12.0. The average Bonchev–Trinajstić information content (AvgIpc) is 3.25. The van der Waals surface area contributed by atoms with Crippen molar-refractivity contribution < 1.29 is 24.2 Å². The Hall–Kier alpha value is -3.35. The minimum atomic E-state index is -0.908. The Morgan fingerprint density at radius 3 is 2.29 bits per heavy atom. The van der Waals surface area contributed by atoms with Gasteiger partial charge in [0.15, 0.2) is 0 Å². The molecule has 0 bridgehead atoms. The van der Waals surface area contributed by atoms with Gasteiger partial charge in [-0.2, -0.15) is 0 Å². The van der Waals surface area contributed by atoms with Gasteiger partial charge in [0, 0.05) is 24.5 Å². The van der Waals surface area contributed by atoms with Crippen molar-refractivity contribution in [3.05, 3.63) is 59.7 Å². The van der Waals surface area contributed by atoms with E-state index in [-0.39, 0.29) is 49.4 Å². The molecule has 0 unspecified atom stereocenters. The first-order valence-corrected chi connectivity index (χ1v) is 12.4. The molecular weight excluding hydrogens is 444 g/mol. The van der Waals surface area contributed by atoms with Crippen LogP contribution < -0.4 is 5.32 Å². The zero-order valence-electron chi connectivity index (χ0n) is 20.2. The number of carbonyl (C=O) groups is 3. The summed E-state index contributed by atoms with van der Waals surface area (Å²) in [7, 11) is 0. The molecule has 5 rings (SSSR count). The first-order valence-electron chi connectivity index (χ1n) is 12.4. The Kier molecular flexibility index (Phi) is 6.03. The van der Waals surface area contributed by atoms with E-state index < -0.39 is 17.5 Å². The second kappa shape index (κ2) is 9.02. The fourth-order valence-electron chi connectivity index (χ4n) is 6.17. The Balaban J connectivity index is 1.18. The summed E-state index contributed by atoms with van der Waals surface area (Å²) >= 11 is 0. The first-order chi connectivity index (χ1) is 16.8. The number of carboxylic acids is 1. The Bertz CT molecular complexity index is 1120. The van der Waals surface area contributed by atoms with Gasteiger partial charge in [-0.25, -0.2) is 4.79 Å². The van der Waals surface area contributed by atoms with E-state index in [0.29, 0.717) is 6.42 Å². The molecular formula is C28H32N2O5. The third-order valence-electron chi connectivity index (χ3n) is 7.95. The molecule has 3 atom stereocenters. The maximum absolute atomic E-state index is 13.3. The normalized spacial score (nSPS) is 23.9. The van der Waals surface area contributed by atoms with E-state index in [1.807, 2.05) is 38.1 Å². The van der Waals surface area contributed by atoms with Crippen molar-refractivity contribution in [3.63, 3.8) is 0 Å². The van der Waals surface area contributed by atoms with Gasteiger partial charge < -0.3 is 20.1 Å². The molecule has 7 nitrogen and oxygen atoms in total. The van der Waals surface area contributed by atoms with Gasteiger partial charge in [0.2, 0.25) is 5.91 Å². The van der Waals surface area contributed by atoms with Gasteiger partial charge >= 0.3 is 12.1 Å². The molecule has 184 valence electrons. The standard InChI is InChI=1S/C28H32N2O5/c1-17(2)30(12-11-25(31)32)26(33)28-14-18(28)13-19(15-28)29-27(34)35-16-24-22-9-5-3-7-20(22)21-8-4-6-10-23(21)24/h3-10,17-19,24H,11-16H2,1-2H3,(H,29,34)(H,31,32)/t18-,19+,28+/m1/s1. The largest absolute Gasteiger partial charge is 0.481 e. The number of hydrogen-bond donors (Lipinski definition) is 2. The molecule has 2 N–H and O–H groups in total. The fourth-order valence-corrected chi connectivity index (χ4v) is 6.17. The molecule has 0 saturated heterocycles. The Morgan fingerprint density at radius 1 is 1.06 bits per heavy atom. The van der Waals surface area contributed by atoms with Crippen LogP contribution in [-0.4, -0.2) is 53.2 Å². The van der Waals surface area contributed by atoms with Crippen LogP contribution in [0.25, 0.3) is 11.1 Å². The highest BCUT2D eigenvalue weighted by molar-refractivity contribution is 5.87. The first kappa shape index (κ1) is 23.4. The van der Waals surface area contributed by atoms with Crippen molar-refractivity contribution >= 4 is 18.0 Å². The van der Waals surface area contributed by atoms with Crippen LogP contribution in [0.2, 0.25) is 0 Å². The molecule has 2 fully saturated rings. The van der Waals surface area contributed by atoms with Crippen LogP contribution in [0.1, 0.15) is 56.6 Å². The molecule has 2 aromatic rings. The summed E-state index contributed by atoms with van der Waals surface area (Å²) in [4.78, 5) is 38.7. The number of nitrogens with zero attached hydrogens (tertiary/aromatic N) is 1. The van der Waals surface area contributed by atoms with E-state index in [1.54, 1.807) is 4.90 Å². The highest BCUT2D eigenvalue weighted by Crippen LogP contribution is 2.64. The summed E-state index contributed by atoms with van der Waals surface area (Å²) < 4.78 is 5.69. The topological polar surface area (TPSA) is 95.9 Å². The van der Waals surface area contributed by atoms with Gasteiger partial charge in [-0.15, -0.1) is 0 Å². The van der Waals surface area contributed by atoms with Gasteiger partial charge in [0.1, 0.15) is 6.61 Å². The van der Waals surface area contributed by atoms with Crippen LogP contribution in [0.15, 0.2) is 48.5 Å². The van der Waals surface area contributed by atoms with E-state index >= 15 is 0 Å². The number of alkyl carbamates (subject to hydrolysis) is 1.